The number of carbonyl (C=O) groups excluding carboxylic acids is 2. The van der Waals surface area contributed by atoms with Crippen molar-refractivity contribution in [3.8, 4) is 0 Å². The minimum Gasteiger partial charge on any atom is -0.369 e. The number of benzene rings is 1. The highest BCUT2D eigenvalue weighted by Crippen LogP contribution is 2.17. The summed E-state index contributed by atoms with van der Waals surface area (Å²) in [6.45, 7) is 6.13. The van der Waals surface area contributed by atoms with E-state index in [0.29, 0.717) is 13.1 Å². The van der Waals surface area contributed by atoms with E-state index < -0.39 is 0 Å². The van der Waals surface area contributed by atoms with E-state index in [1.807, 2.05) is 41.8 Å². The van der Waals surface area contributed by atoms with E-state index in [-0.39, 0.29) is 11.7 Å². The Bertz CT molecular complexity index is 705. The molecule has 6 heteroatoms. The van der Waals surface area contributed by atoms with Gasteiger partial charge < -0.3 is 10.2 Å². The van der Waals surface area contributed by atoms with Crippen LogP contribution in [0.25, 0.3) is 0 Å². The molecule has 0 spiro atoms. The summed E-state index contributed by atoms with van der Waals surface area (Å²) < 4.78 is 0. The summed E-state index contributed by atoms with van der Waals surface area (Å²) in [5, 5.41) is 4.99. The van der Waals surface area contributed by atoms with Gasteiger partial charge in [-0.15, -0.1) is 11.3 Å². The molecule has 5 nitrogen and oxygen atoms in total. The second-order valence-electron chi connectivity index (χ2n) is 6.22. The van der Waals surface area contributed by atoms with Gasteiger partial charge in [0.15, 0.2) is 5.78 Å². The molecule has 0 saturated carbocycles. The van der Waals surface area contributed by atoms with E-state index in [4.69, 9.17) is 0 Å². The molecule has 0 atom stereocenters. The predicted octanol–water partition coefficient (Wildman–Crippen LogP) is 2.39. The van der Waals surface area contributed by atoms with Crippen molar-refractivity contribution < 1.29 is 9.59 Å². The molecule has 1 fully saturated rings. The van der Waals surface area contributed by atoms with Gasteiger partial charge in [-0.25, -0.2) is 0 Å². The van der Waals surface area contributed by atoms with Crippen LogP contribution in [0.4, 0.5) is 5.69 Å². The number of carbonyl (C=O) groups is 2. The van der Waals surface area contributed by atoms with E-state index in [0.717, 1.165) is 37.4 Å². The summed E-state index contributed by atoms with van der Waals surface area (Å²) in [5.74, 6) is 0.164. The lowest BCUT2D eigenvalue weighted by molar-refractivity contribution is -0.122. The van der Waals surface area contributed by atoms with E-state index >= 15 is 0 Å². The van der Waals surface area contributed by atoms with E-state index in [2.05, 4.69) is 15.1 Å². The van der Waals surface area contributed by atoms with Crippen molar-refractivity contribution in [1.82, 2.24) is 10.2 Å². The Morgan fingerprint density at radius 1 is 1.08 bits per heavy atom. The zero-order chi connectivity index (χ0) is 17.6. The zero-order valence-electron chi connectivity index (χ0n) is 14.4. The molecule has 0 radical (unpaired) electrons. The fraction of sp³-hybridized carbons (Fsp3) is 0.368. The Morgan fingerprint density at radius 2 is 1.80 bits per heavy atom. The standard InChI is InChI=1S/C19H23N3O2S/c1-15(23)16-4-6-17(7-5-16)22-10-8-21(9-11-22)14-19(24)20-13-18-3-2-12-25-18/h2-7,12H,8-11,13-14H2,1H3,(H,20,24). The van der Waals surface area contributed by atoms with Crippen molar-refractivity contribution in [2.24, 2.45) is 0 Å². The Kier molecular flexibility index (Phi) is 5.83. The molecule has 25 heavy (non-hydrogen) atoms. The number of amides is 1. The molecule has 1 aliphatic heterocycles. The summed E-state index contributed by atoms with van der Waals surface area (Å²) in [4.78, 5) is 29.1. The average molecular weight is 357 g/mol. The molecule has 2 heterocycles. The molecule has 0 aliphatic carbocycles. The average Bonchev–Trinajstić information content (AvgIpc) is 3.14. The molecule has 132 valence electrons. The summed E-state index contributed by atoms with van der Waals surface area (Å²) in [6.07, 6.45) is 0. The summed E-state index contributed by atoms with van der Waals surface area (Å²) >= 11 is 1.66. The van der Waals surface area contributed by atoms with Crippen molar-refractivity contribution in [2.75, 3.05) is 37.6 Å². The first-order valence-corrected chi connectivity index (χ1v) is 9.37. The van der Waals surface area contributed by atoms with Crippen LogP contribution in [-0.2, 0) is 11.3 Å². The van der Waals surface area contributed by atoms with Gasteiger partial charge in [0, 0.05) is 42.3 Å². The highest BCUT2D eigenvalue weighted by atomic mass is 32.1. The third-order valence-corrected chi connectivity index (χ3v) is 5.29. The van der Waals surface area contributed by atoms with Gasteiger partial charge in [-0.1, -0.05) is 6.07 Å². The summed E-state index contributed by atoms with van der Waals surface area (Å²) in [6, 6.07) is 11.8. The molecular formula is C19H23N3O2S. The quantitative estimate of drug-likeness (QED) is 0.807. The lowest BCUT2D eigenvalue weighted by Crippen LogP contribution is -2.49. The van der Waals surface area contributed by atoms with Gasteiger partial charge in [-0.2, -0.15) is 0 Å². The lowest BCUT2D eigenvalue weighted by Gasteiger charge is -2.35. The van der Waals surface area contributed by atoms with Crippen molar-refractivity contribution in [3.05, 3.63) is 52.2 Å². The van der Waals surface area contributed by atoms with Crippen LogP contribution in [0.15, 0.2) is 41.8 Å². The van der Waals surface area contributed by atoms with Gasteiger partial charge in [0.1, 0.15) is 0 Å². The number of hydrogen-bond acceptors (Lipinski definition) is 5. The molecule has 1 aromatic carbocycles. The van der Waals surface area contributed by atoms with Crippen LogP contribution in [0.1, 0.15) is 22.2 Å². The first kappa shape index (κ1) is 17.6. The van der Waals surface area contributed by atoms with Gasteiger partial charge in [0.25, 0.3) is 0 Å². The van der Waals surface area contributed by atoms with E-state index in [9.17, 15) is 9.59 Å². The Morgan fingerprint density at radius 3 is 2.40 bits per heavy atom. The van der Waals surface area contributed by atoms with Gasteiger partial charge in [0.05, 0.1) is 13.1 Å². The van der Waals surface area contributed by atoms with E-state index in [1.54, 1.807) is 18.3 Å². The van der Waals surface area contributed by atoms with Crippen LogP contribution >= 0.6 is 11.3 Å². The van der Waals surface area contributed by atoms with Crippen LogP contribution < -0.4 is 10.2 Å². The SMILES string of the molecule is CC(=O)c1ccc(N2CCN(CC(=O)NCc3cccs3)CC2)cc1. The van der Waals surface area contributed by atoms with Crippen LogP contribution in [-0.4, -0.2) is 49.3 Å². The Labute approximate surface area is 152 Å². The number of nitrogens with one attached hydrogen (secondary N) is 1. The molecule has 2 aromatic rings. The molecule has 1 aliphatic rings. The molecular weight excluding hydrogens is 334 g/mol. The van der Waals surface area contributed by atoms with Crippen LogP contribution in [0.3, 0.4) is 0 Å². The van der Waals surface area contributed by atoms with Crippen molar-refractivity contribution in [2.45, 2.75) is 13.5 Å². The zero-order valence-corrected chi connectivity index (χ0v) is 15.2. The van der Waals surface area contributed by atoms with Crippen molar-refractivity contribution in [3.63, 3.8) is 0 Å². The number of thiophene rings is 1. The maximum Gasteiger partial charge on any atom is 0.234 e. The Balaban J connectivity index is 1.43. The van der Waals surface area contributed by atoms with Crippen LogP contribution in [0, 0.1) is 0 Å². The number of anilines is 1. The third kappa shape index (κ3) is 4.90. The maximum absolute atomic E-state index is 12.1. The predicted molar refractivity (Wildman–Crippen MR) is 101 cm³/mol. The molecule has 1 N–H and O–H groups in total. The van der Waals surface area contributed by atoms with Gasteiger partial charge in [-0.05, 0) is 42.6 Å². The molecule has 1 saturated heterocycles. The monoisotopic (exact) mass is 357 g/mol. The van der Waals surface area contributed by atoms with Gasteiger partial charge >= 0.3 is 0 Å². The van der Waals surface area contributed by atoms with Crippen molar-refractivity contribution >= 4 is 28.7 Å². The molecule has 3 rings (SSSR count). The number of hydrogen-bond donors (Lipinski definition) is 1. The van der Waals surface area contributed by atoms with Gasteiger partial charge in [0.2, 0.25) is 5.91 Å². The molecule has 1 amide bonds. The fourth-order valence-electron chi connectivity index (χ4n) is 2.93. The third-order valence-electron chi connectivity index (χ3n) is 4.42. The van der Waals surface area contributed by atoms with E-state index in [1.165, 1.54) is 4.88 Å². The minimum absolute atomic E-state index is 0.0765. The van der Waals surface area contributed by atoms with Gasteiger partial charge in [-0.3, -0.25) is 14.5 Å². The largest absolute Gasteiger partial charge is 0.369 e. The highest BCUT2D eigenvalue weighted by Gasteiger charge is 2.19. The molecule has 1 aromatic heterocycles. The normalized spacial score (nSPS) is 15.2. The molecule has 0 bridgehead atoms. The lowest BCUT2D eigenvalue weighted by atomic mass is 10.1. The summed E-state index contributed by atoms with van der Waals surface area (Å²) in [5.41, 5.74) is 1.87. The number of ketones is 1. The number of rotatable bonds is 6. The smallest absolute Gasteiger partial charge is 0.234 e. The first-order chi connectivity index (χ1) is 12.1. The van der Waals surface area contributed by atoms with Crippen LogP contribution in [0.2, 0.25) is 0 Å². The highest BCUT2D eigenvalue weighted by molar-refractivity contribution is 7.09. The molecule has 0 unspecified atom stereocenters. The number of nitrogens with zero attached hydrogens (tertiary/aromatic N) is 2. The fourth-order valence-corrected chi connectivity index (χ4v) is 3.57. The van der Waals surface area contributed by atoms with Crippen LogP contribution in [0.5, 0.6) is 0 Å². The first-order valence-electron chi connectivity index (χ1n) is 8.49. The minimum atomic E-state index is 0.0765. The second-order valence-corrected chi connectivity index (χ2v) is 7.25. The Hall–Kier alpha value is -2.18. The maximum atomic E-state index is 12.1. The topological polar surface area (TPSA) is 52.7 Å². The van der Waals surface area contributed by atoms with Crippen molar-refractivity contribution in [1.29, 1.82) is 0 Å². The number of Topliss-reactive ketones (excluding diaryl/α,β-unsaturated/α-hetero) is 1. The summed E-state index contributed by atoms with van der Waals surface area (Å²) in [7, 11) is 0. The second kappa shape index (κ2) is 8.27. The number of piperazine rings is 1.